The number of benzene rings is 3. The van der Waals surface area contributed by atoms with Crippen LogP contribution in [0.1, 0.15) is 11.1 Å². The van der Waals surface area contributed by atoms with Gasteiger partial charge >= 0.3 is 0 Å². The van der Waals surface area contributed by atoms with Crippen molar-refractivity contribution in [1.29, 1.82) is 5.26 Å². The van der Waals surface area contributed by atoms with E-state index in [1.54, 1.807) is 0 Å². The Labute approximate surface area is 105 Å². The van der Waals surface area contributed by atoms with E-state index in [2.05, 4.69) is 24.3 Å². The molecule has 0 atom stereocenters. The van der Waals surface area contributed by atoms with Crippen molar-refractivity contribution in [3.63, 3.8) is 0 Å². The van der Waals surface area contributed by atoms with E-state index in [0.29, 0.717) is 11.3 Å². The molecule has 2 nitrogen and oxygen atoms in total. The smallest absolute Gasteiger partial charge is 0.102 e. The molecule has 0 aliphatic heterocycles. The molecule has 3 aromatic rings. The lowest BCUT2D eigenvalue weighted by molar-refractivity contribution is 1.48. The second-order valence-electron chi connectivity index (χ2n) is 4.51. The van der Waals surface area contributed by atoms with Gasteiger partial charge in [0.2, 0.25) is 0 Å². The molecule has 0 unspecified atom stereocenters. The number of anilines is 1. The van der Waals surface area contributed by atoms with Crippen LogP contribution >= 0.6 is 0 Å². The summed E-state index contributed by atoms with van der Waals surface area (Å²) in [6, 6.07) is 16.4. The molecule has 0 aromatic heterocycles. The summed E-state index contributed by atoms with van der Waals surface area (Å²) in [6.07, 6.45) is 0. The van der Waals surface area contributed by atoms with Gasteiger partial charge < -0.3 is 5.73 Å². The predicted octanol–water partition coefficient (Wildman–Crippen LogP) is 3.76. The lowest BCUT2D eigenvalue weighted by Crippen LogP contribution is -1.94. The molecule has 2 N–H and O–H groups in total. The molecule has 0 spiro atoms. The van der Waals surface area contributed by atoms with Gasteiger partial charge in [0.15, 0.2) is 0 Å². The van der Waals surface area contributed by atoms with E-state index < -0.39 is 0 Å². The molecule has 0 heterocycles. The van der Waals surface area contributed by atoms with Gasteiger partial charge in [-0.15, -0.1) is 0 Å². The average Bonchev–Trinajstić information content (AvgIpc) is 2.37. The summed E-state index contributed by atoms with van der Waals surface area (Å²) < 4.78 is 0. The zero-order valence-electron chi connectivity index (χ0n) is 10.1. The monoisotopic (exact) mass is 232 g/mol. The summed E-state index contributed by atoms with van der Waals surface area (Å²) in [5.41, 5.74) is 8.15. The largest absolute Gasteiger partial charge is 0.398 e. The highest BCUT2D eigenvalue weighted by atomic mass is 14.6. The molecule has 0 amide bonds. The Kier molecular flexibility index (Phi) is 2.21. The highest BCUT2D eigenvalue weighted by molar-refractivity contribution is 6.03. The fourth-order valence-corrected chi connectivity index (χ4v) is 2.44. The first-order chi connectivity index (χ1) is 8.70. The molecule has 0 saturated carbocycles. The van der Waals surface area contributed by atoms with Crippen molar-refractivity contribution in [2.24, 2.45) is 0 Å². The molecule has 3 rings (SSSR count). The van der Waals surface area contributed by atoms with Crippen LogP contribution in [0.15, 0.2) is 42.5 Å². The van der Waals surface area contributed by atoms with Crippen molar-refractivity contribution in [3.05, 3.63) is 53.6 Å². The van der Waals surface area contributed by atoms with Crippen molar-refractivity contribution in [2.45, 2.75) is 6.92 Å². The van der Waals surface area contributed by atoms with Crippen molar-refractivity contribution >= 4 is 27.2 Å². The third-order valence-corrected chi connectivity index (χ3v) is 3.35. The molecule has 0 fully saturated rings. The van der Waals surface area contributed by atoms with E-state index >= 15 is 0 Å². The Balaban J connectivity index is 2.58. The minimum absolute atomic E-state index is 0.554. The molecular formula is C16H12N2. The summed E-state index contributed by atoms with van der Waals surface area (Å²) >= 11 is 0. The molecule has 0 aliphatic rings. The molecule has 18 heavy (non-hydrogen) atoms. The number of hydrogen-bond donors (Lipinski definition) is 1. The lowest BCUT2D eigenvalue weighted by atomic mass is 9.96. The number of hydrogen-bond acceptors (Lipinski definition) is 2. The van der Waals surface area contributed by atoms with Gasteiger partial charge in [-0.2, -0.15) is 5.26 Å². The van der Waals surface area contributed by atoms with Crippen molar-refractivity contribution in [1.82, 2.24) is 0 Å². The molecule has 0 bridgehead atoms. The third-order valence-electron chi connectivity index (χ3n) is 3.35. The van der Waals surface area contributed by atoms with Crippen LogP contribution in [0.2, 0.25) is 0 Å². The number of rotatable bonds is 0. The maximum atomic E-state index is 9.25. The summed E-state index contributed by atoms with van der Waals surface area (Å²) in [4.78, 5) is 0. The number of nitriles is 1. The first-order valence-electron chi connectivity index (χ1n) is 5.82. The van der Waals surface area contributed by atoms with Gasteiger partial charge in [-0.1, -0.05) is 24.3 Å². The Morgan fingerprint density at radius 1 is 1.00 bits per heavy atom. The zero-order chi connectivity index (χ0) is 12.7. The molecule has 3 aromatic carbocycles. The van der Waals surface area contributed by atoms with Gasteiger partial charge in [0.05, 0.1) is 11.3 Å². The Morgan fingerprint density at radius 2 is 1.61 bits per heavy atom. The lowest BCUT2D eigenvalue weighted by Gasteiger charge is -2.09. The first-order valence-corrected chi connectivity index (χ1v) is 5.82. The SMILES string of the molecule is Cc1cc(N)c(C#N)c2cc3ccccc3cc12. The van der Waals surface area contributed by atoms with E-state index in [4.69, 9.17) is 5.73 Å². The van der Waals surface area contributed by atoms with E-state index in [1.165, 1.54) is 5.39 Å². The maximum Gasteiger partial charge on any atom is 0.102 e. The molecule has 2 heteroatoms. The quantitative estimate of drug-likeness (QED) is 0.474. The van der Waals surface area contributed by atoms with Crippen LogP contribution in [0.25, 0.3) is 21.5 Å². The van der Waals surface area contributed by atoms with Crippen LogP contribution in [-0.2, 0) is 0 Å². The minimum Gasteiger partial charge on any atom is -0.398 e. The van der Waals surface area contributed by atoms with Crippen molar-refractivity contribution in [2.75, 3.05) is 5.73 Å². The van der Waals surface area contributed by atoms with Crippen LogP contribution in [0.4, 0.5) is 5.69 Å². The first kappa shape index (κ1) is 10.6. The second-order valence-corrected chi connectivity index (χ2v) is 4.51. The maximum absolute atomic E-state index is 9.25. The summed E-state index contributed by atoms with van der Waals surface area (Å²) in [6.45, 7) is 2.02. The summed E-state index contributed by atoms with van der Waals surface area (Å²) in [5.74, 6) is 0. The van der Waals surface area contributed by atoms with Crippen LogP contribution in [-0.4, -0.2) is 0 Å². The van der Waals surface area contributed by atoms with Crippen molar-refractivity contribution < 1.29 is 0 Å². The van der Waals surface area contributed by atoms with Crippen LogP contribution in [0.5, 0.6) is 0 Å². The Morgan fingerprint density at radius 3 is 2.22 bits per heavy atom. The number of aryl methyl sites for hydroxylation is 1. The van der Waals surface area contributed by atoms with Gasteiger partial charge in [-0.25, -0.2) is 0 Å². The molecule has 0 saturated heterocycles. The van der Waals surface area contributed by atoms with E-state index in [1.807, 2.05) is 31.2 Å². The van der Waals surface area contributed by atoms with Gasteiger partial charge in [-0.3, -0.25) is 0 Å². The fourth-order valence-electron chi connectivity index (χ4n) is 2.44. The number of nitrogen functional groups attached to an aromatic ring is 1. The fraction of sp³-hybridized carbons (Fsp3) is 0.0625. The summed E-state index contributed by atoms with van der Waals surface area (Å²) in [7, 11) is 0. The number of nitrogens with zero attached hydrogens (tertiary/aromatic N) is 1. The highest BCUT2D eigenvalue weighted by Crippen LogP contribution is 2.30. The molecule has 0 radical (unpaired) electrons. The number of fused-ring (bicyclic) bond motifs is 2. The minimum atomic E-state index is 0.554. The van der Waals surface area contributed by atoms with Crippen LogP contribution in [0, 0.1) is 18.3 Å². The van der Waals surface area contributed by atoms with Gasteiger partial charge in [0.1, 0.15) is 6.07 Å². The normalized spacial score (nSPS) is 10.7. The second kappa shape index (κ2) is 3.75. The molecule has 86 valence electrons. The van der Waals surface area contributed by atoms with Crippen LogP contribution in [0.3, 0.4) is 0 Å². The standard InChI is InChI=1S/C16H12N2/c1-10-6-16(18)15(9-17)14-8-12-5-3-2-4-11(12)7-13(10)14/h2-8H,18H2,1H3. The van der Waals surface area contributed by atoms with E-state index in [0.717, 1.165) is 21.7 Å². The van der Waals surface area contributed by atoms with Crippen LogP contribution < -0.4 is 5.73 Å². The topological polar surface area (TPSA) is 49.8 Å². The third kappa shape index (κ3) is 1.42. The van der Waals surface area contributed by atoms with E-state index in [9.17, 15) is 5.26 Å². The van der Waals surface area contributed by atoms with Gasteiger partial charge in [0, 0.05) is 5.39 Å². The van der Waals surface area contributed by atoms with Crippen molar-refractivity contribution in [3.8, 4) is 6.07 Å². The zero-order valence-corrected chi connectivity index (χ0v) is 10.1. The van der Waals surface area contributed by atoms with Gasteiger partial charge in [0.25, 0.3) is 0 Å². The molecule has 0 aliphatic carbocycles. The average molecular weight is 232 g/mol. The number of nitrogens with two attached hydrogens (primary N) is 1. The Hall–Kier alpha value is -2.53. The highest BCUT2D eigenvalue weighted by Gasteiger charge is 2.09. The summed E-state index contributed by atoms with van der Waals surface area (Å²) in [5, 5.41) is 13.6. The van der Waals surface area contributed by atoms with Gasteiger partial charge in [-0.05, 0) is 46.8 Å². The predicted molar refractivity (Wildman–Crippen MR) is 75.3 cm³/mol. The Bertz CT molecular complexity index is 811. The molecular weight excluding hydrogens is 220 g/mol. The van der Waals surface area contributed by atoms with E-state index in [-0.39, 0.29) is 0 Å².